The Labute approximate surface area is 168 Å². The van der Waals surface area contributed by atoms with Gasteiger partial charge in [0, 0.05) is 30.8 Å². The number of carbonyl (C=O) groups excluding carboxylic acids is 2. The Hall–Kier alpha value is -2.24. The van der Waals surface area contributed by atoms with E-state index in [0.717, 1.165) is 5.69 Å². The molecule has 1 aliphatic rings. The van der Waals surface area contributed by atoms with Gasteiger partial charge in [-0.15, -0.1) is 0 Å². The predicted molar refractivity (Wildman–Crippen MR) is 106 cm³/mol. The van der Waals surface area contributed by atoms with Crippen LogP contribution in [0.1, 0.15) is 12.8 Å². The molecule has 0 bridgehead atoms. The molecule has 0 saturated carbocycles. The van der Waals surface area contributed by atoms with Crippen molar-refractivity contribution in [1.29, 1.82) is 0 Å². The highest BCUT2D eigenvalue weighted by molar-refractivity contribution is 6.42. The maximum Gasteiger partial charge on any atom is 0.260 e. The van der Waals surface area contributed by atoms with E-state index >= 15 is 0 Å². The minimum absolute atomic E-state index is 0.000329. The quantitative estimate of drug-likeness (QED) is 0.806. The summed E-state index contributed by atoms with van der Waals surface area (Å²) in [4.78, 5) is 26.4. The van der Waals surface area contributed by atoms with E-state index in [0.29, 0.717) is 41.7 Å². The predicted octanol–water partition coefficient (Wildman–Crippen LogP) is 4.25. The number of benzene rings is 2. The SMILES string of the molecule is O=C(Nc1ccccc1)C1CCN(C(=O)COc2ccc(Cl)c(Cl)c2)CC1. The largest absolute Gasteiger partial charge is 0.484 e. The van der Waals surface area contributed by atoms with E-state index < -0.39 is 0 Å². The number of amides is 2. The lowest BCUT2D eigenvalue weighted by atomic mass is 9.95. The summed E-state index contributed by atoms with van der Waals surface area (Å²) >= 11 is 11.8. The van der Waals surface area contributed by atoms with E-state index in [9.17, 15) is 9.59 Å². The van der Waals surface area contributed by atoms with Crippen molar-refractivity contribution in [2.24, 2.45) is 5.92 Å². The molecule has 1 fully saturated rings. The first-order valence-electron chi connectivity index (χ1n) is 8.74. The van der Waals surface area contributed by atoms with Gasteiger partial charge in [-0.25, -0.2) is 0 Å². The van der Waals surface area contributed by atoms with Crippen molar-refractivity contribution in [3.05, 3.63) is 58.6 Å². The Balaban J connectivity index is 1.44. The number of nitrogens with one attached hydrogen (secondary N) is 1. The standard InChI is InChI=1S/C20H20Cl2N2O3/c21-17-7-6-16(12-18(17)22)27-13-19(25)24-10-8-14(9-11-24)20(26)23-15-4-2-1-3-5-15/h1-7,12,14H,8-11,13H2,(H,23,26). The van der Waals surface area contributed by atoms with Gasteiger partial charge in [-0.3, -0.25) is 9.59 Å². The van der Waals surface area contributed by atoms with Crippen LogP contribution in [0.3, 0.4) is 0 Å². The van der Waals surface area contributed by atoms with E-state index in [1.807, 2.05) is 30.3 Å². The average molecular weight is 407 g/mol. The molecule has 1 aliphatic heterocycles. The lowest BCUT2D eigenvalue weighted by Crippen LogP contribution is -2.43. The molecule has 7 heteroatoms. The Bertz CT molecular complexity index is 806. The van der Waals surface area contributed by atoms with Crippen molar-refractivity contribution in [2.75, 3.05) is 25.0 Å². The van der Waals surface area contributed by atoms with Gasteiger partial charge in [0.1, 0.15) is 5.75 Å². The molecule has 2 aromatic rings. The zero-order valence-corrected chi connectivity index (χ0v) is 16.2. The molecule has 0 radical (unpaired) electrons. The third-order valence-corrected chi connectivity index (χ3v) is 5.25. The third-order valence-electron chi connectivity index (χ3n) is 4.51. The molecule has 0 aromatic heterocycles. The molecule has 3 rings (SSSR count). The smallest absolute Gasteiger partial charge is 0.260 e. The van der Waals surface area contributed by atoms with Gasteiger partial charge in [0.05, 0.1) is 10.0 Å². The van der Waals surface area contributed by atoms with Crippen LogP contribution >= 0.6 is 23.2 Å². The molecular weight excluding hydrogens is 387 g/mol. The summed E-state index contributed by atoms with van der Waals surface area (Å²) in [5.41, 5.74) is 0.788. The van der Waals surface area contributed by atoms with Crippen LogP contribution in [-0.2, 0) is 9.59 Å². The second-order valence-electron chi connectivity index (χ2n) is 6.37. The zero-order valence-electron chi connectivity index (χ0n) is 14.7. The molecule has 1 N–H and O–H groups in total. The van der Waals surface area contributed by atoms with Crippen molar-refractivity contribution < 1.29 is 14.3 Å². The number of likely N-dealkylation sites (tertiary alicyclic amines) is 1. The number of anilines is 1. The second-order valence-corrected chi connectivity index (χ2v) is 7.19. The van der Waals surface area contributed by atoms with Crippen molar-refractivity contribution >= 4 is 40.7 Å². The molecule has 0 aliphatic carbocycles. The molecule has 27 heavy (non-hydrogen) atoms. The Kier molecular flexibility index (Phi) is 6.58. The zero-order chi connectivity index (χ0) is 19.2. The van der Waals surface area contributed by atoms with Gasteiger partial charge in [0.2, 0.25) is 5.91 Å². The molecule has 2 aromatic carbocycles. The molecule has 5 nitrogen and oxygen atoms in total. The van der Waals surface area contributed by atoms with Crippen molar-refractivity contribution in [1.82, 2.24) is 4.90 Å². The summed E-state index contributed by atoms with van der Waals surface area (Å²) in [6.07, 6.45) is 1.27. The molecule has 142 valence electrons. The van der Waals surface area contributed by atoms with Gasteiger partial charge in [0.15, 0.2) is 6.61 Å². The van der Waals surface area contributed by atoms with Crippen LogP contribution in [0.2, 0.25) is 10.0 Å². The summed E-state index contributed by atoms with van der Waals surface area (Å²) in [5.74, 6) is 0.295. The van der Waals surface area contributed by atoms with Crippen LogP contribution in [0.4, 0.5) is 5.69 Å². The van der Waals surface area contributed by atoms with Gasteiger partial charge < -0.3 is 15.0 Å². The number of carbonyl (C=O) groups is 2. The van der Waals surface area contributed by atoms with Crippen LogP contribution in [0, 0.1) is 5.92 Å². The number of rotatable bonds is 5. The third kappa shape index (κ3) is 5.37. The Morgan fingerprint density at radius 2 is 1.74 bits per heavy atom. The lowest BCUT2D eigenvalue weighted by Gasteiger charge is -2.31. The first-order valence-corrected chi connectivity index (χ1v) is 9.50. The summed E-state index contributed by atoms with van der Waals surface area (Å²) < 4.78 is 5.50. The van der Waals surface area contributed by atoms with Crippen LogP contribution in [0.25, 0.3) is 0 Å². The molecule has 1 heterocycles. The first kappa shape index (κ1) is 19.5. The fourth-order valence-electron chi connectivity index (χ4n) is 2.96. The summed E-state index contributed by atoms with van der Waals surface area (Å²) in [7, 11) is 0. The highest BCUT2D eigenvalue weighted by Gasteiger charge is 2.27. The number of piperidine rings is 1. The fraction of sp³-hybridized carbons (Fsp3) is 0.300. The fourth-order valence-corrected chi connectivity index (χ4v) is 3.25. The summed E-state index contributed by atoms with van der Waals surface area (Å²) in [6.45, 7) is 1.01. The van der Waals surface area contributed by atoms with Crippen LogP contribution in [0.15, 0.2) is 48.5 Å². The molecule has 0 atom stereocenters. The van der Waals surface area contributed by atoms with Gasteiger partial charge >= 0.3 is 0 Å². The van der Waals surface area contributed by atoms with Crippen molar-refractivity contribution in [3.63, 3.8) is 0 Å². The molecular formula is C20H20Cl2N2O3. The molecule has 2 amide bonds. The highest BCUT2D eigenvalue weighted by Crippen LogP contribution is 2.26. The molecule has 1 saturated heterocycles. The van der Waals surface area contributed by atoms with E-state index in [-0.39, 0.29) is 24.3 Å². The minimum atomic E-state index is -0.108. The van der Waals surface area contributed by atoms with Crippen LogP contribution in [-0.4, -0.2) is 36.4 Å². The first-order chi connectivity index (χ1) is 13.0. The monoisotopic (exact) mass is 406 g/mol. The van der Waals surface area contributed by atoms with E-state index in [4.69, 9.17) is 27.9 Å². The highest BCUT2D eigenvalue weighted by atomic mass is 35.5. The maximum atomic E-state index is 12.4. The van der Waals surface area contributed by atoms with E-state index in [1.54, 1.807) is 23.1 Å². The number of para-hydroxylation sites is 1. The Morgan fingerprint density at radius 3 is 2.41 bits per heavy atom. The molecule has 0 unspecified atom stereocenters. The van der Waals surface area contributed by atoms with Gasteiger partial charge in [-0.2, -0.15) is 0 Å². The van der Waals surface area contributed by atoms with Crippen LogP contribution in [0.5, 0.6) is 5.75 Å². The second kappa shape index (κ2) is 9.11. The summed E-state index contributed by atoms with van der Waals surface area (Å²) in [6, 6.07) is 14.3. The van der Waals surface area contributed by atoms with Gasteiger partial charge in [-0.1, -0.05) is 41.4 Å². The Morgan fingerprint density at radius 1 is 1.04 bits per heavy atom. The number of nitrogens with zero attached hydrogens (tertiary/aromatic N) is 1. The normalized spacial score (nSPS) is 14.7. The number of hydrogen-bond acceptors (Lipinski definition) is 3. The van der Waals surface area contributed by atoms with Gasteiger partial charge in [-0.05, 0) is 37.1 Å². The van der Waals surface area contributed by atoms with Crippen LogP contribution < -0.4 is 10.1 Å². The number of halogens is 2. The minimum Gasteiger partial charge on any atom is -0.484 e. The van der Waals surface area contributed by atoms with E-state index in [1.165, 1.54) is 0 Å². The van der Waals surface area contributed by atoms with Crippen molar-refractivity contribution in [3.8, 4) is 5.75 Å². The molecule has 0 spiro atoms. The maximum absolute atomic E-state index is 12.4. The number of ether oxygens (including phenoxy) is 1. The van der Waals surface area contributed by atoms with E-state index in [2.05, 4.69) is 5.32 Å². The average Bonchev–Trinajstić information content (AvgIpc) is 2.69. The number of hydrogen-bond donors (Lipinski definition) is 1. The van der Waals surface area contributed by atoms with Crippen molar-refractivity contribution in [2.45, 2.75) is 12.8 Å². The topological polar surface area (TPSA) is 58.6 Å². The van der Waals surface area contributed by atoms with Gasteiger partial charge in [0.25, 0.3) is 5.91 Å². The lowest BCUT2D eigenvalue weighted by molar-refractivity contribution is -0.136. The summed E-state index contributed by atoms with van der Waals surface area (Å²) in [5, 5.41) is 3.74.